The second-order valence-electron chi connectivity index (χ2n) is 5.85. The number of carboxylic acids is 1. The molecule has 0 bridgehead atoms. The minimum Gasteiger partial charge on any atom is -0.481 e. The molecule has 0 spiro atoms. The van der Waals surface area contributed by atoms with E-state index in [1.54, 1.807) is 18.2 Å². The summed E-state index contributed by atoms with van der Waals surface area (Å²) in [6.07, 6.45) is -0.293. The van der Waals surface area contributed by atoms with Gasteiger partial charge in [-0.3, -0.25) is 29.3 Å². The van der Waals surface area contributed by atoms with Crippen LogP contribution in [0.15, 0.2) is 18.2 Å². The van der Waals surface area contributed by atoms with Crippen LogP contribution in [0.1, 0.15) is 35.2 Å². The summed E-state index contributed by atoms with van der Waals surface area (Å²) in [5.41, 5.74) is 1.21. The molecule has 0 aliphatic carbocycles. The largest absolute Gasteiger partial charge is 0.481 e. The van der Waals surface area contributed by atoms with Crippen LogP contribution in [0.4, 0.5) is 5.69 Å². The predicted octanol–water partition coefficient (Wildman–Crippen LogP) is -0.139. The van der Waals surface area contributed by atoms with Gasteiger partial charge in [-0.1, -0.05) is 6.07 Å². The average Bonchev–Trinajstić information content (AvgIpc) is 2.85. The molecule has 3 rings (SSSR count). The molecule has 0 saturated carbocycles. The van der Waals surface area contributed by atoms with Crippen LogP contribution in [0.2, 0.25) is 0 Å². The molecule has 3 N–H and O–H groups in total. The van der Waals surface area contributed by atoms with E-state index >= 15 is 0 Å². The Morgan fingerprint density at radius 2 is 2.04 bits per heavy atom. The number of imide groups is 1. The molecule has 1 aromatic rings. The van der Waals surface area contributed by atoms with Gasteiger partial charge in [0.25, 0.3) is 5.91 Å². The Bertz CT molecular complexity index is 803. The molecule has 9 nitrogen and oxygen atoms in total. The van der Waals surface area contributed by atoms with Gasteiger partial charge in [-0.15, -0.1) is 0 Å². The molecule has 0 radical (unpaired) electrons. The Hall–Kier alpha value is -3.23. The number of piperidine rings is 1. The maximum Gasteiger partial charge on any atom is 0.312 e. The monoisotopic (exact) mass is 345 g/mol. The minimum atomic E-state index is -1.26. The van der Waals surface area contributed by atoms with E-state index in [2.05, 4.69) is 10.6 Å². The fourth-order valence-corrected chi connectivity index (χ4v) is 3.03. The number of rotatable bonds is 4. The number of carbonyl (C=O) groups excluding carboxylic acids is 4. The number of benzene rings is 1. The smallest absolute Gasteiger partial charge is 0.312 e. The molecule has 1 saturated heterocycles. The van der Waals surface area contributed by atoms with Crippen molar-refractivity contribution in [3.8, 4) is 0 Å². The number of nitrogens with one attached hydrogen (secondary N) is 2. The zero-order valence-corrected chi connectivity index (χ0v) is 13.1. The lowest BCUT2D eigenvalue weighted by molar-refractivity contribution is -0.140. The first-order valence-electron chi connectivity index (χ1n) is 7.65. The lowest BCUT2D eigenvalue weighted by Gasteiger charge is -2.29. The number of aliphatic carboxylic acids is 1. The summed E-state index contributed by atoms with van der Waals surface area (Å²) in [6, 6.07) is 3.97. The van der Waals surface area contributed by atoms with E-state index in [0.29, 0.717) is 16.8 Å². The van der Waals surface area contributed by atoms with Crippen LogP contribution in [-0.4, -0.2) is 45.6 Å². The van der Waals surface area contributed by atoms with Crippen molar-refractivity contribution in [1.29, 1.82) is 0 Å². The standard InChI is InChI=1S/C16H15N3O6/c20-12-5-4-11(15(24)18-12)19-7-9-8(16(19)25)2-1-3-10(9)17-13(21)6-14(22)23/h1-3,11H,4-7H2,(H,17,21)(H,22,23)(H,18,20,24). The Kier molecular flexibility index (Phi) is 4.22. The molecule has 1 unspecified atom stereocenters. The van der Waals surface area contributed by atoms with Crippen LogP contribution in [0, 0.1) is 0 Å². The highest BCUT2D eigenvalue weighted by molar-refractivity contribution is 6.07. The minimum absolute atomic E-state index is 0.101. The van der Waals surface area contributed by atoms with E-state index in [1.807, 2.05) is 0 Å². The van der Waals surface area contributed by atoms with E-state index in [9.17, 15) is 24.0 Å². The molecule has 2 aliphatic heterocycles. The lowest BCUT2D eigenvalue weighted by Crippen LogP contribution is -2.52. The Labute approximate surface area is 142 Å². The third kappa shape index (κ3) is 3.21. The van der Waals surface area contributed by atoms with Crippen molar-refractivity contribution in [2.75, 3.05) is 5.32 Å². The van der Waals surface area contributed by atoms with Gasteiger partial charge >= 0.3 is 5.97 Å². The van der Waals surface area contributed by atoms with Gasteiger partial charge in [0.05, 0.1) is 0 Å². The number of nitrogens with zero attached hydrogens (tertiary/aromatic N) is 1. The van der Waals surface area contributed by atoms with Gasteiger partial charge in [-0.05, 0) is 18.6 Å². The van der Waals surface area contributed by atoms with Crippen molar-refractivity contribution in [3.05, 3.63) is 29.3 Å². The quantitative estimate of drug-likeness (QED) is 0.514. The molecular weight excluding hydrogens is 330 g/mol. The van der Waals surface area contributed by atoms with Crippen molar-refractivity contribution in [3.63, 3.8) is 0 Å². The number of hydrogen-bond donors (Lipinski definition) is 3. The predicted molar refractivity (Wildman–Crippen MR) is 83.4 cm³/mol. The van der Waals surface area contributed by atoms with Crippen molar-refractivity contribution in [2.45, 2.75) is 31.8 Å². The highest BCUT2D eigenvalue weighted by Gasteiger charge is 2.39. The summed E-state index contributed by atoms with van der Waals surface area (Å²) in [6.45, 7) is 0.101. The second-order valence-corrected chi connectivity index (χ2v) is 5.85. The SMILES string of the molecule is O=C(O)CC(=O)Nc1cccc2c1CN(C1CCC(=O)NC1=O)C2=O. The van der Waals surface area contributed by atoms with E-state index < -0.39 is 30.2 Å². The summed E-state index contributed by atoms with van der Waals surface area (Å²) in [4.78, 5) is 59.5. The van der Waals surface area contributed by atoms with Gasteiger partial charge in [0.15, 0.2) is 0 Å². The number of carbonyl (C=O) groups is 5. The maximum atomic E-state index is 12.6. The van der Waals surface area contributed by atoms with E-state index in [0.717, 1.165) is 0 Å². The Morgan fingerprint density at radius 1 is 1.28 bits per heavy atom. The second kappa shape index (κ2) is 6.34. The molecule has 9 heteroatoms. The average molecular weight is 345 g/mol. The van der Waals surface area contributed by atoms with E-state index in [1.165, 1.54) is 4.90 Å². The molecule has 1 fully saturated rings. The molecule has 130 valence electrons. The first kappa shape index (κ1) is 16.6. The number of carboxylic acid groups (broad SMARTS) is 1. The third-order valence-corrected chi connectivity index (χ3v) is 4.17. The van der Waals surface area contributed by atoms with Crippen LogP contribution in [0.5, 0.6) is 0 Å². The van der Waals surface area contributed by atoms with Crippen molar-refractivity contribution in [2.24, 2.45) is 0 Å². The Morgan fingerprint density at radius 3 is 2.72 bits per heavy atom. The molecule has 4 amide bonds. The van der Waals surface area contributed by atoms with Crippen molar-refractivity contribution < 1.29 is 29.1 Å². The topological polar surface area (TPSA) is 133 Å². The first-order valence-corrected chi connectivity index (χ1v) is 7.65. The summed E-state index contributed by atoms with van der Waals surface area (Å²) >= 11 is 0. The third-order valence-electron chi connectivity index (χ3n) is 4.17. The van der Waals surface area contributed by atoms with Gasteiger partial charge in [0, 0.05) is 29.8 Å². The molecule has 2 heterocycles. The van der Waals surface area contributed by atoms with Crippen LogP contribution < -0.4 is 10.6 Å². The number of fused-ring (bicyclic) bond motifs is 1. The summed E-state index contributed by atoms with van der Waals surface area (Å²) < 4.78 is 0. The summed E-state index contributed by atoms with van der Waals surface area (Å²) in [5.74, 6) is -3.21. The zero-order valence-electron chi connectivity index (χ0n) is 13.1. The lowest BCUT2D eigenvalue weighted by atomic mass is 10.0. The molecule has 1 atom stereocenters. The fraction of sp³-hybridized carbons (Fsp3) is 0.312. The van der Waals surface area contributed by atoms with Gasteiger partial charge in [0.2, 0.25) is 17.7 Å². The zero-order chi connectivity index (χ0) is 18.1. The van der Waals surface area contributed by atoms with E-state index in [4.69, 9.17) is 5.11 Å². The normalized spacial score (nSPS) is 19.4. The van der Waals surface area contributed by atoms with Crippen LogP contribution >= 0.6 is 0 Å². The number of anilines is 1. The molecule has 2 aliphatic rings. The molecule has 1 aromatic carbocycles. The van der Waals surface area contributed by atoms with Gasteiger partial charge in [0.1, 0.15) is 12.5 Å². The molecular formula is C16H15N3O6. The number of hydrogen-bond acceptors (Lipinski definition) is 5. The van der Waals surface area contributed by atoms with Crippen LogP contribution in [-0.2, 0) is 25.7 Å². The number of amides is 4. The highest BCUT2D eigenvalue weighted by Crippen LogP contribution is 2.32. The highest BCUT2D eigenvalue weighted by atomic mass is 16.4. The fourth-order valence-electron chi connectivity index (χ4n) is 3.03. The van der Waals surface area contributed by atoms with Crippen LogP contribution in [0.3, 0.4) is 0 Å². The van der Waals surface area contributed by atoms with Crippen molar-refractivity contribution in [1.82, 2.24) is 10.2 Å². The maximum absolute atomic E-state index is 12.6. The first-order chi connectivity index (χ1) is 11.9. The Balaban J connectivity index is 1.82. The molecule has 25 heavy (non-hydrogen) atoms. The van der Waals surface area contributed by atoms with Gasteiger partial charge in [-0.2, -0.15) is 0 Å². The van der Waals surface area contributed by atoms with E-state index in [-0.39, 0.29) is 31.2 Å². The summed E-state index contributed by atoms with van der Waals surface area (Å²) in [7, 11) is 0. The molecule has 0 aromatic heterocycles. The van der Waals surface area contributed by atoms with Crippen molar-refractivity contribution >= 4 is 35.3 Å². The van der Waals surface area contributed by atoms with Crippen LogP contribution in [0.25, 0.3) is 0 Å². The van der Waals surface area contributed by atoms with Gasteiger partial charge in [-0.25, -0.2) is 0 Å². The summed E-state index contributed by atoms with van der Waals surface area (Å²) in [5, 5.41) is 13.4. The van der Waals surface area contributed by atoms with Gasteiger partial charge < -0.3 is 15.3 Å².